The summed E-state index contributed by atoms with van der Waals surface area (Å²) in [4.78, 5) is 6.39. The van der Waals surface area contributed by atoms with Gasteiger partial charge in [0.15, 0.2) is 5.82 Å². The molecule has 98 valence electrons. The molecule has 1 aromatic heterocycles. The monoisotopic (exact) mass is 250 g/mol. The Hall–Kier alpha value is -1.62. The number of nitrogens with zero attached hydrogens (tertiary/aromatic N) is 3. The van der Waals surface area contributed by atoms with E-state index in [4.69, 9.17) is 5.73 Å². The van der Waals surface area contributed by atoms with E-state index in [0.29, 0.717) is 11.5 Å². The number of rotatable bonds is 5. The van der Waals surface area contributed by atoms with Gasteiger partial charge >= 0.3 is 0 Å². The SMILES string of the molecule is CCN(CC)CCn1c(N)nc2c(F)cccc21. The molecule has 1 heterocycles. The van der Waals surface area contributed by atoms with Crippen molar-refractivity contribution in [2.24, 2.45) is 0 Å². The number of anilines is 1. The zero-order chi connectivity index (χ0) is 13.1. The highest BCUT2D eigenvalue weighted by molar-refractivity contribution is 5.78. The van der Waals surface area contributed by atoms with Gasteiger partial charge in [-0.2, -0.15) is 0 Å². The fourth-order valence-corrected chi connectivity index (χ4v) is 2.15. The minimum Gasteiger partial charge on any atom is -0.369 e. The number of nitrogen functional groups attached to an aromatic ring is 1. The summed E-state index contributed by atoms with van der Waals surface area (Å²) in [5, 5.41) is 0. The average Bonchev–Trinajstić information content (AvgIpc) is 2.69. The van der Waals surface area contributed by atoms with Crippen LogP contribution in [0.3, 0.4) is 0 Å². The lowest BCUT2D eigenvalue weighted by Crippen LogP contribution is -2.27. The van der Waals surface area contributed by atoms with Gasteiger partial charge in [-0.25, -0.2) is 9.37 Å². The summed E-state index contributed by atoms with van der Waals surface area (Å²) in [6.07, 6.45) is 0. The molecular formula is C13H19FN4. The number of halogens is 1. The first kappa shape index (κ1) is 12.8. The van der Waals surface area contributed by atoms with Crippen LogP contribution in [-0.2, 0) is 6.54 Å². The number of hydrogen-bond donors (Lipinski definition) is 1. The van der Waals surface area contributed by atoms with Crippen molar-refractivity contribution < 1.29 is 4.39 Å². The molecule has 2 aromatic rings. The lowest BCUT2D eigenvalue weighted by Gasteiger charge is -2.18. The smallest absolute Gasteiger partial charge is 0.201 e. The molecule has 5 heteroatoms. The first-order valence-corrected chi connectivity index (χ1v) is 6.30. The molecule has 0 radical (unpaired) electrons. The number of nitrogens with two attached hydrogens (primary N) is 1. The second kappa shape index (κ2) is 5.35. The third-order valence-electron chi connectivity index (χ3n) is 3.29. The fourth-order valence-electron chi connectivity index (χ4n) is 2.15. The van der Waals surface area contributed by atoms with Crippen LogP contribution in [0.15, 0.2) is 18.2 Å². The lowest BCUT2D eigenvalue weighted by molar-refractivity contribution is 0.292. The number of hydrogen-bond acceptors (Lipinski definition) is 3. The van der Waals surface area contributed by atoms with Gasteiger partial charge in [-0.1, -0.05) is 19.9 Å². The summed E-state index contributed by atoms with van der Waals surface area (Å²) in [5.74, 6) is 0.0584. The fraction of sp³-hybridized carbons (Fsp3) is 0.462. The summed E-state index contributed by atoms with van der Waals surface area (Å²) < 4.78 is 15.4. The molecular weight excluding hydrogens is 231 g/mol. The molecule has 2 N–H and O–H groups in total. The van der Waals surface area contributed by atoms with Crippen molar-refractivity contribution in [2.45, 2.75) is 20.4 Å². The van der Waals surface area contributed by atoms with E-state index in [1.165, 1.54) is 6.07 Å². The Kier molecular flexibility index (Phi) is 3.81. The van der Waals surface area contributed by atoms with Crippen molar-refractivity contribution in [3.8, 4) is 0 Å². The first-order valence-electron chi connectivity index (χ1n) is 6.30. The van der Waals surface area contributed by atoms with Gasteiger partial charge in [0.2, 0.25) is 5.95 Å². The summed E-state index contributed by atoms with van der Waals surface area (Å²) in [6.45, 7) is 7.86. The van der Waals surface area contributed by atoms with Gasteiger partial charge in [0.25, 0.3) is 0 Å². The molecule has 0 unspecified atom stereocenters. The number of aromatic nitrogens is 2. The molecule has 0 aliphatic rings. The number of fused-ring (bicyclic) bond motifs is 1. The van der Waals surface area contributed by atoms with Crippen LogP contribution in [0.2, 0.25) is 0 Å². The Morgan fingerprint density at radius 2 is 2.06 bits per heavy atom. The summed E-state index contributed by atoms with van der Waals surface area (Å²) >= 11 is 0. The Labute approximate surface area is 106 Å². The van der Waals surface area contributed by atoms with Crippen LogP contribution in [0.5, 0.6) is 0 Å². The lowest BCUT2D eigenvalue weighted by atomic mass is 10.3. The van der Waals surface area contributed by atoms with Crippen LogP contribution in [0.1, 0.15) is 13.8 Å². The van der Waals surface area contributed by atoms with E-state index >= 15 is 0 Å². The van der Waals surface area contributed by atoms with E-state index in [1.807, 2.05) is 10.6 Å². The highest BCUT2D eigenvalue weighted by Crippen LogP contribution is 2.20. The van der Waals surface area contributed by atoms with Crippen LogP contribution >= 0.6 is 0 Å². The van der Waals surface area contributed by atoms with E-state index < -0.39 is 0 Å². The van der Waals surface area contributed by atoms with Crippen molar-refractivity contribution in [1.82, 2.24) is 14.5 Å². The quantitative estimate of drug-likeness (QED) is 0.884. The number of benzene rings is 1. The molecule has 1 aromatic carbocycles. The Morgan fingerprint density at radius 3 is 2.72 bits per heavy atom. The van der Waals surface area contributed by atoms with Crippen LogP contribution in [-0.4, -0.2) is 34.1 Å². The van der Waals surface area contributed by atoms with Crippen molar-refractivity contribution in [3.05, 3.63) is 24.0 Å². The summed E-state index contributed by atoms with van der Waals surface area (Å²) in [6, 6.07) is 4.94. The predicted octanol–water partition coefficient (Wildman–Crippen LogP) is 2.10. The van der Waals surface area contributed by atoms with E-state index in [0.717, 1.165) is 31.7 Å². The van der Waals surface area contributed by atoms with Crippen molar-refractivity contribution in [2.75, 3.05) is 25.4 Å². The number of para-hydroxylation sites is 1. The average molecular weight is 250 g/mol. The highest BCUT2D eigenvalue weighted by Gasteiger charge is 2.11. The molecule has 4 nitrogen and oxygen atoms in total. The first-order chi connectivity index (χ1) is 8.67. The maximum Gasteiger partial charge on any atom is 0.201 e. The standard InChI is InChI=1S/C13H19FN4/c1-3-17(4-2)8-9-18-11-7-5-6-10(14)12(11)16-13(18)15/h5-7H,3-4,8-9H2,1-2H3,(H2,15,16). The van der Waals surface area contributed by atoms with Gasteiger partial charge in [0.05, 0.1) is 5.52 Å². The van der Waals surface area contributed by atoms with E-state index in [-0.39, 0.29) is 5.82 Å². The van der Waals surface area contributed by atoms with E-state index in [1.54, 1.807) is 6.07 Å². The van der Waals surface area contributed by atoms with Gasteiger partial charge in [0, 0.05) is 13.1 Å². The third-order valence-corrected chi connectivity index (χ3v) is 3.29. The maximum atomic E-state index is 13.6. The van der Waals surface area contributed by atoms with Crippen molar-refractivity contribution >= 4 is 17.0 Å². The van der Waals surface area contributed by atoms with Gasteiger partial charge < -0.3 is 15.2 Å². The summed E-state index contributed by atoms with van der Waals surface area (Å²) in [7, 11) is 0. The number of likely N-dealkylation sites (N-methyl/N-ethyl adjacent to an activating group) is 1. The topological polar surface area (TPSA) is 47.1 Å². The van der Waals surface area contributed by atoms with Crippen LogP contribution in [0.4, 0.5) is 10.3 Å². The predicted molar refractivity (Wildman–Crippen MR) is 71.9 cm³/mol. The molecule has 0 atom stereocenters. The zero-order valence-electron chi connectivity index (χ0n) is 10.9. The van der Waals surface area contributed by atoms with E-state index in [2.05, 4.69) is 23.7 Å². The number of imidazole rings is 1. The normalized spacial score (nSPS) is 11.6. The van der Waals surface area contributed by atoms with Gasteiger partial charge in [0.1, 0.15) is 5.52 Å². The Morgan fingerprint density at radius 1 is 1.33 bits per heavy atom. The second-order valence-corrected chi connectivity index (χ2v) is 4.26. The van der Waals surface area contributed by atoms with Crippen LogP contribution < -0.4 is 5.73 Å². The summed E-state index contributed by atoms with van der Waals surface area (Å²) in [5.41, 5.74) is 6.98. The van der Waals surface area contributed by atoms with E-state index in [9.17, 15) is 4.39 Å². The minimum atomic E-state index is -0.319. The molecule has 0 spiro atoms. The molecule has 2 rings (SSSR count). The van der Waals surface area contributed by atoms with Gasteiger partial charge in [-0.3, -0.25) is 0 Å². The molecule has 0 aliphatic carbocycles. The third kappa shape index (κ3) is 2.31. The van der Waals surface area contributed by atoms with Gasteiger partial charge in [-0.05, 0) is 25.2 Å². The zero-order valence-corrected chi connectivity index (χ0v) is 10.9. The Balaban J connectivity index is 2.28. The van der Waals surface area contributed by atoms with Gasteiger partial charge in [-0.15, -0.1) is 0 Å². The molecule has 18 heavy (non-hydrogen) atoms. The molecule has 0 amide bonds. The largest absolute Gasteiger partial charge is 0.369 e. The van der Waals surface area contributed by atoms with Crippen LogP contribution in [0.25, 0.3) is 11.0 Å². The Bertz CT molecular complexity index is 531. The second-order valence-electron chi connectivity index (χ2n) is 4.26. The van der Waals surface area contributed by atoms with Crippen molar-refractivity contribution in [3.63, 3.8) is 0 Å². The maximum absolute atomic E-state index is 13.6. The highest BCUT2D eigenvalue weighted by atomic mass is 19.1. The van der Waals surface area contributed by atoms with Crippen LogP contribution in [0, 0.1) is 5.82 Å². The molecule has 0 aliphatic heterocycles. The molecule has 0 bridgehead atoms. The molecule has 0 saturated heterocycles. The minimum absolute atomic E-state index is 0.319. The molecule has 0 saturated carbocycles. The molecule has 0 fully saturated rings. The van der Waals surface area contributed by atoms with Crippen molar-refractivity contribution in [1.29, 1.82) is 0 Å².